The maximum absolute atomic E-state index is 13.3. The topological polar surface area (TPSA) is 38.0 Å². The van der Waals surface area contributed by atoms with Crippen LogP contribution in [0.5, 0.6) is 0 Å². The zero-order valence-electron chi connectivity index (χ0n) is 11.5. The Morgan fingerprint density at radius 1 is 1.32 bits per heavy atom. The van der Waals surface area contributed by atoms with Crippen molar-refractivity contribution in [2.24, 2.45) is 11.1 Å². The predicted molar refractivity (Wildman–Crippen MR) is 72.7 cm³/mol. The van der Waals surface area contributed by atoms with E-state index in [0.29, 0.717) is 23.6 Å². The Morgan fingerprint density at radius 3 is 2.42 bits per heavy atom. The largest absolute Gasteiger partial charge is 0.329 e. The minimum Gasteiger partial charge on any atom is -0.329 e. The molecule has 1 aromatic rings. The third-order valence-corrected chi connectivity index (χ3v) is 3.93. The number of hydrogen-bond acceptors (Lipinski definition) is 2. The summed E-state index contributed by atoms with van der Waals surface area (Å²) in [6.45, 7) is 4.82. The van der Waals surface area contributed by atoms with Crippen molar-refractivity contribution in [1.29, 1.82) is 0 Å². The van der Waals surface area contributed by atoms with Crippen molar-refractivity contribution < 1.29 is 8.78 Å². The van der Waals surface area contributed by atoms with Crippen LogP contribution in [0.25, 0.3) is 0 Å². The molecule has 106 valence electrons. The minimum absolute atomic E-state index is 0.191. The first-order chi connectivity index (χ1) is 8.89. The van der Waals surface area contributed by atoms with Crippen molar-refractivity contribution in [2.75, 3.05) is 6.54 Å². The summed E-state index contributed by atoms with van der Waals surface area (Å²) in [5.74, 6) is -1.11. The summed E-state index contributed by atoms with van der Waals surface area (Å²) in [5, 5.41) is 3.43. The molecule has 0 saturated heterocycles. The van der Waals surface area contributed by atoms with Gasteiger partial charge < -0.3 is 11.1 Å². The standard InChI is InChI=1S/C15H22F2N2/c1-15(2)4-3-13(8-15)19-14(9-18)10-5-11(16)7-12(17)6-10/h5-7,13-14,19H,3-4,8-9,18H2,1-2H3. The van der Waals surface area contributed by atoms with Gasteiger partial charge in [-0.15, -0.1) is 0 Å². The Morgan fingerprint density at radius 2 is 1.95 bits per heavy atom. The number of nitrogens with two attached hydrogens (primary N) is 1. The molecule has 0 aliphatic heterocycles. The molecule has 1 aromatic carbocycles. The molecule has 1 aliphatic rings. The molecule has 0 heterocycles. The summed E-state index contributed by atoms with van der Waals surface area (Å²) in [7, 11) is 0. The lowest BCUT2D eigenvalue weighted by molar-refractivity contribution is 0.353. The van der Waals surface area contributed by atoms with Gasteiger partial charge in [-0.05, 0) is 42.4 Å². The van der Waals surface area contributed by atoms with Gasteiger partial charge in [0.15, 0.2) is 0 Å². The van der Waals surface area contributed by atoms with Gasteiger partial charge in [0.1, 0.15) is 11.6 Å². The van der Waals surface area contributed by atoms with Crippen molar-refractivity contribution >= 4 is 0 Å². The molecule has 0 spiro atoms. The lowest BCUT2D eigenvalue weighted by Gasteiger charge is -2.24. The zero-order chi connectivity index (χ0) is 14.0. The third-order valence-electron chi connectivity index (χ3n) is 3.93. The van der Waals surface area contributed by atoms with Gasteiger partial charge >= 0.3 is 0 Å². The molecule has 1 aliphatic carbocycles. The molecule has 1 fully saturated rings. The summed E-state index contributed by atoms with van der Waals surface area (Å²) < 4.78 is 26.5. The van der Waals surface area contributed by atoms with E-state index in [4.69, 9.17) is 5.73 Å². The first-order valence-corrected chi connectivity index (χ1v) is 6.82. The van der Waals surface area contributed by atoms with Gasteiger partial charge in [0, 0.05) is 24.7 Å². The van der Waals surface area contributed by atoms with Crippen LogP contribution in [0.1, 0.15) is 44.7 Å². The van der Waals surface area contributed by atoms with E-state index in [0.717, 1.165) is 18.9 Å². The second kappa shape index (κ2) is 5.55. The molecule has 2 unspecified atom stereocenters. The molecular formula is C15H22F2N2. The predicted octanol–water partition coefficient (Wildman–Crippen LogP) is 3.13. The highest BCUT2D eigenvalue weighted by atomic mass is 19.1. The summed E-state index contributed by atoms with van der Waals surface area (Å²) in [6.07, 6.45) is 3.32. The first-order valence-electron chi connectivity index (χ1n) is 6.82. The van der Waals surface area contributed by atoms with E-state index < -0.39 is 11.6 Å². The normalized spacial score (nSPS) is 23.5. The fourth-order valence-corrected chi connectivity index (χ4v) is 2.94. The first kappa shape index (κ1) is 14.4. The highest BCUT2D eigenvalue weighted by molar-refractivity contribution is 5.22. The zero-order valence-corrected chi connectivity index (χ0v) is 11.5. The van der Waals surface area contributed by atoms with E-state index in [9.17, 15) is 8.78 Å². The Labute approximate surface area is 113 Å². The van der Waals surface area contributed by atoms with Gasteiger partial charge in [0.2, 0.25) is 0 Å². The average Bonchev–Trinajstić information content (AvgIpc) is 2.64. The quantitative estimate of drug-likeness (QED) is 0.880. The molecule has 0 radical (unpaired) electrons. The number of rotatable bonds is 4. The van der Waals surface area contributed by atoms with Crippen molar-refractivity contribution in [2.45, 2.75) is 45.2 Å². The van der Waals surface area contributed by atoms with Gasteiger partial charge in [0.05, 0.1) is 0 Å². The van der Waals surface area contributed by atoms with Crippen LogP contribution in [0.15, 0.2) is 18.2 Å². The number of halogens is 2. The highest BCUT2D eigenvalue weighted by Crippen LogP contribution is 2.37. The van der Waals surface area contributed by atoms with Crippen LogP contribution in [-0.4, -0.2) is 12.6 Å². The van der Waals surface area contributed by atoms with Gasteiger partial charge in [-0.3, -0.25) is 0 Å². The molecule has 2 atom stereocenters. The van der Waals surface area contributed by atoms with Gasteiger partial charge in [-0.25, -0.2) is 8.78 Å². The van der Waals surface area contributed by atoms with Crippen molar-refractivity contribution in [3.63, 3.8) is 0 Å². The Hall–Kier alpha value is -1.00. The molecule has 2 rings (SSSR count). The maximum atomic E-state index is 13.3. The lowest BCUT2D eigenvalue weighted by atomic mass is 9.91. The van der Waals surface area contributed by atoms with Crippen LogP contribution in [0, 0.1) is 17.0 Å². The van der Waals surface area contributed by atoms with E-state index in [1.165, 1.54) is 18.6 Å². The van der Waals surface area contributed by atoms with Crippen LogP contribution in [0.3, 0.4) is 0 Å². The van der Waals surface area contributed by atoms with Crippen molar-refractivity contribution in [3.8, 4) is 0 Å². The fraction of sp³-hybridized carbons (Fsp3) is 0.600. The Balaban J connectivity index is 2.08. The van der Waals surface area contributed by atoms with Crippen molar-refractivity contribution in [3.05, 3.63) is 35.4 Å². The van der Waals surface area contributed by atoms with Crippen LogP contribution < -0.4 is 11.1 Å². The highest BCUT2D eigenvalue weighted by Gasteiger charge is 2.32. The monoisotopic (exact) mass is 268 g/mol. The number of nitrogens with one attached hydrogen (secondary N) is 1. The second-order valence-corrected chi connectivity index (χ2v) is 6.26. The van der Waals surface area contributed by atoms with E-state index in [2.05, 4.69) is 19.2 Å². The number of benzene rings is 1. The average molecular weight is 268 g/mol. The van der Waals surface area contributed by atoms with Crippen LogP contribution in [-0.2, 0) is 0 Å². The molecule has 0 bridgehead atoms. The van der Waals surface area contributed by atoms with Crippen molar-refractivity contribution in [1.82, 2.24) is 5.32 Å². The maximum Gasteiger partial charge on any atom is 0.126 e. The van der Waals surface area contributed by atoms with Gasteiger partial charge in [0.25, 0.3) is 0 Å². The summed E-state index contributed by atoms with van der Waals surface area (Å²) >= 11 is 0. The van der Waals surface area contributed by atoms with E-state index in [1.54, 1.807) is 0 Å². The minimum atomic E-state index is -0.554. The fourth-order valence-electron chi connectivity index (χ4n) is 2.94. The lowest BCUT2D eigenvalue weighted by Crippen LogP contribution is -2.35. The smallest absolute Gasteiger partial charge is 0.126 e. The third kappa shape index (κ3) is 3.74. The summed E-state index contributed by atoms with van der Waals surface area (Å²) in [6, 6.07) is 3.77. The summed E-state index contributed by atoms with van der Waals surface area (Å²) in [5.41, 5.74) is 6.67. The molecule has 2 nitrogen and oxygen atoms in total. The molecule has 19 heavy (non-hydrogen) atoms. The van der Waals surface area contributed by atoms with E-state index in [-0.39, 0.29) is 6.04 Å². The number of hydrogen-bond donors (Lipinski definition) is 2. The summed E-state index contributed by atoms with van der Waals surface area (Å²) in [4.78, 5) is 0. The molecule has 3 N–H and O–H groups in total. The van der Waals surface area contributed by atoms with E-state index in [1.807, 2.05) is 0 Å². The molecule has 1 saturated carbocycles. The van der Waals surface area contributed by atoms with Crippen LogP contribution >= 0.6 is 0 Å². The van der Waals surface area contributed by atoms with Gasteiger partial charge in [-0.1, -0.05) is 13.8 Å². The second-order valence-electron chi connectivity index (χ2n) is 6.26. The molecule has 0 amide bonds. The Kier molecular flexibility index (Phi) is 4.21. The molecular weight excluding hydrogens is 246 g/mol. The van der Waals surface area contributed by atoms with Crippen LogP contribution in [0.2, 0.25) is 0 Å². The van der Waals surface area contributed by atoms with E-state index >= 15 is 0 Å². The molecule has 4 heteroatoms. The Bertz CT molecular complexity index is 426. The van der Waals surface area contributed by atoms with Crippen LogP contribution in [0.4, 0.5) is 8.78 Å². The SMILES string of the molecule is CC1(C)CCC(NC(CN)c2cc(F)cc(F)c2)C1. The van der Waals surface area contributed by atoms with Gasteiger partial charge in [-0.2, -0.15) is 0 Å². The molecule has 0 aromatic heterocycles.